The smallest absolute Gasteiger partial charge is 0.318 e. The Labute approximate surface area is 117 Å². The second-order valence-corrected chi connectivity index (χ2v) is 6.42. The van der Waals surface area contributed by atoms with Gasteiger partial charge in [0.15, 0.2) is 0 Å². The van der Waals surface area contributed by atoms with Crippen LogP contribution >= 0.6 is 0 Å². The minimum Gasteiger partial charge on any atom is -0.335 e. The molecule has 0 spiro atoms. The fourth-order valence-electron chi connectivity index (χ4n) is 3.59. The van der Waals surface area contributed by atoms with Gasteiger partial charge in [-0.25, -0.2) is 4.79 Å². The standard InChI is InChI=1S/C15H29N3O/c1-15(12-16-2)10-6-7-11-18(15)14(19)17-13-8-4-3-5-9-13/h13,16H,3-12H2,1-2H3,(H,17,19). The number of amides is 2. The Kier molecular flexibility index (Phi) is 5.08. The molecule has 1 aliphatic carbocycles. The van der Waals surface area contributed by atoms with Crippen LogP contribution in [0.5, 0.6) is 0 Å². The predicted molar refractivity (Wildman–Crippen MR) is 78.3 cm³/mol. The number of carbonyl (C=O) groups excluding carboxylic acids is 1. The van der Waals surface area contributed by atoms with E-state index in [0.717, 1.165) is 38.8 Å². The largest absolute Gasteiger partial charge is 0.335 e. The monoisotopic (exact) mass is 267 g/mol. The molecule has 1 unspecified atom stereocenters. The van der Waals surface area contributed by atoms with Crippen LogP contribution in [0.25, 0.3) is 0 Å². The van der Waals surface area contributed by atoms with Crippen molar-refractivity contribution >= 4 is 6.03 Å². The zero-order chi connectivity index (χ0) is 13.7. The number of nitrogens with zero attached hydrogens (tertiary/aromatic N) is 1. The molecule has 1 saturated carbocycles. The highest BCUT2D eigenvalue weighted by Crippen LogP contribution is 2.28. The van der Waals surface area contributed by atoms with E-state index in [1.165, 1.54) is 25.7 Å². The summed E-state index contributed by atoms with van der Waals surface area (Å²) in [7, 11) is 1.97. The first kappa shape index (κ1) is 14.6. The van der Waals surface area contributed by atoms with Crippen LogP contribution in [0.3, 0.4) is 0 Å². The summed E-state index contributed by atoms with van der Waals surface area (Å²) in [5, 5.41) is 6.51. The molecule has 1 atom stereocenters. The normalized spacial score (nSPS) is 29.3. The Balaban J connectivity index is 1.94. The van der Waals surface area contributed by atoms with Crippen LogP contribution in [0.2, 0.25) is 0 Å². The Morgan fingerprint density at radius 3 is 2.63 bits per heavy atom. The van der Waals surface area contributed by atoms with Crippen LogP contribution in [0.1, 0.15) is 58.3 Å². The maximum absolute atomic E-state index is 12.5. The van der Waals surface area contributed by atoms with Gasteiger partial charge >= 0.3 is 6.03 Å². The van der Waals surface area contributed by atoms with Crippen LogP contribution < -0.4 is 10.6 Å². The summed E-state index contributed by atoms with van der Waals surface area (Å²) in [6.07, 6.45) is 9.63. The van der Waals surface area contributed by atoms with E-state index in [-0.39, 0.29) is 11.6 Å². The van der Waals surface area contributed by atoms with Crippen molar-refractivity contribution in [3.63, 3.8) is 0 Å². The van der Waals surface area contributed by atoms with E-state index in [4.69, 9.17) is 0 Å². The summed E-state index contributed by atoms with van der Waals surface area (Å²) < 4.78 is 0. The molecule has 19 heavy (non-hydrogen) atoms. The van der Waals surface area contributed by atoms with Gasteiger partial charge in [0.1, 0.15) is 0 Å². The number of nitrogens with one attached hydrogen (secondary N) is 2. The third-order valence-corrected chi connectivity index (χ3v) is 4.73. The second kappa shape index (κ2) is 6.60. The third-order valence-electron chi connectivity index (χ3n) is 4.73. The molecule has 2 amide bonds. The molecule has 0 radical (unpaired) electrons. The number of carbonyl (C=O) groups is 1. The summed E-state index contributed by atoms with van der Waals surface area (Å²) in [6, 6.07) is 0.561. The maximum Gasteiger partial charge on any atom is 0.318 e. The molecular weight excluding hydrogens is 238 g/mol. The Morgan fingerprint density at radius 1 is 1.21 bits per heavy atom. The molecular formula is C15H29N3O. The van der Waals surface area contributed by atoms with Gasteiger partial charge in [0, 0.05) is 19.1 Å². The molecule has 1 aliphatic heterocycles. The SMILES string of the molecule is CNCC1(C)CCCCN1C(=O)NC1CCCCC1. The van der Waals surface area contributed by atoms with Crippen molar-refractivity contribution < 1.29 is 4.79 Å². The van der Waals surface area contributed by atoms with Gasteiger partial charge in [-0.3, -0.25) is 0 Å². The second-order valence-electron chi connectivity index (χ2n) is 6.42. The van der Waals surface area contributed by atoms with Gasteiger partial charge < -0.3 is 15.5 Å². The Hall–Kier alpha value is -0.770. The van der Waals surface area contributed by atoms with Gasteiger partial charge in [-0.15, -0.1) is 0 Å². The van der Waals surface area contributed by atoms with Crippen molar-refractivity contribution in [2.45, 2.75) is 69.9 Å². The summed E-state index contributed by atoms with van der Waals surface area (Å²) >= 11 is 0. The lowest BCUT2D eigenvalue weighted by molar-refractivity contribution is 0.0869. The highest BCUT2D eigenvalue weighted by molar-refractivity contribution is 5.75. The van der Waals surface area contributed by atoms with Crippen LogP contribution in [-0.4, -0.2) is 42.6 Å². The lowest BCUT2D eigenvalue weighted by Gasteiger charge is -2.45. The Morgan fingerprint density at radius 2 is 1.95 bits per heavy atom. The number of likely N-dealkylation sites (tertiary alicyclic amines) is 1. The van der Waals surface area contributed by atoms with Crippen LogP contribution in [0.15, 0.2) is 0 Å². The number of urea groups is 1. The van der Waals surface area contributed by atoms with Crippen molar-refractivity contribution in [3.8, 4) is 0 Å². The van der Waals surface area contributed by atoms with Gasteiger partial charge in [0.05, 0.1) is 5.54 Å². The predicted octanol–water partition coefficient (Wildman–Crippen LogP) is 2.49. The van der Waals surface area contributed by atoms with Gasteiger partial charge in [-0.05, 0) is 46.1 Å². The summed E-state index contributed by atoms with van der Waals surface area (Å²) in [6.45, 7) is 3.99. The lowest BCUT2D eigenvalue weighted by atomic mass is 9.88. The number of piperidine rings is 1. The van der Waals surface area contributed by atoms with E-state index in [1.54, 1.807) is 0 Å². The van der Waals surface area contributed by atoms with E-state index in [9.17, 15) is 4.79 Å². The van der Waals surface area contributed by atoms with Gasteiger partial charge in [0.25, 0.3) is 0 Å². The Bertz CT molecular complexity index is 298. The molecule has 0 aromatic heterocycles. The van der Waals surface area contributed by atoms with E-state index in [2.05, 4.69) is 22.5 Å². The number of rotatable bonds is 3. The average Bonchev–Trinajstić information content (AvgIpc) is 2.40. The molecule has 0 bridgehead atoms. The number of likely N-dealkylation sites (N-methyl/N-ethyl adjacent to an activating group) is 1. The molecule has 110 valence electrons. The minimum atomic E-state index is -0.0221. The highest BCUT2D eigenvalue weighted by Gasteiger charge is 2.37. The molecule has 1 heterocycles. The first-order valence-corrected chi connectivity index (χ1v) is 7.88. The molecule has 2 N–H and O–H groups in total. The summed E-state index contributed by atoms with van der Waals surface area (Å²) in [4.78, 5) is 14.6. The molecule has 2 rings (SSSR count). The van der Waals surface area contributed by atoms with E-state index >= 15 is 0 Å². The van der Waals surface area contributed by atoms with Crippen molar-refractivity contribution in [2.75, 3.05) is 20.1 Å². The van der Waals surface area contributed by atoms with Crippen LogP contribution in [0.4, 0.5) is 4.79 Å². The fraction of sp³-hybridized carbons (Fsp3) is 0.933. The van der Waals surface area contributed by atoms with Crippen molar-refractivity contribution in [1.82, 2.24) is 15.5 Å². The van der Waals surface area contributed by atoms with Crippen LogP contribution in [-0.2, 0) is 0 Å². The van der Waals surface area contributed by atoms with E-state index in [0.29, 0.717) is 6.04 Å². The maximum atomic E-state index is 12.5. The van der Waals surface area contributed by atoms with Gasteiger partial charge in [0.2, 0.25) is 0 Å². The topological polar surface area (TPSA) is 44.4 Å². The molecule has 2 fully saturated rings. The minimum absolute atomic E-state index is 0.0221. The van der Waals surface area contributed by atoms with Crippen molar-refractivity contribution in [1.29, 1.82) is 0 Å². The molecule has 4 heteroatoms. The number of hydrogen-bond donors (Lipinski definition) is 2. The third kappa shape index (κ3) is 3.62. The van der Waals surface area contributed by atoms with Gasteiger partial charge in [-0.2, -0.15) is 0 Å². The first-order chi connectivity index (χ1) is 9.15. The number of hydrogen-bond acceptors (Lipinski definition) is 2. The van der Waals surface area contributed by atoms with Gasteiger partial charge in [-0.1, -0.05) is 19.3 Å². The average molecular weight is 267 g/mol. The zero-order valence-electron chi connectivity index (χ0n) is 12.5. The quantitative estimate of drug-likeness (QED) is 0.825. The fourth-order valence-corrected chi connectivity index (χ4v) is 3.59. The highest BCUT2D eigenvalue weighted by atomic mass is 16.2. The summed E-state index contributed by atoms with van der Waals surface area (Å²) in [5.74, 6) is 0. The van der Waals surface area contributed by atoms with Crippen molar-refractivity contribution in [3.05, 3.63) is 0 Å². The summed E-state index contributed by atoms with van der Waals surface area (Å²) in [5.41, 5.74) is -0.0221. The molecule has 0 aromatic rings. The lowest BCUT2D eigenvalue weighted by Crippen LogP contribution is -2.60. The molecule has 0 aromatic carbocycles. The van der Waals surface area contributed by atoms with Crippen LogP contribution in [0, 0.1) is 0 Å². The van der Waals surface area contributed by atoms with Crippen molar-refractivity contribution in [2.24, 2.45) is 0 Å². The van der Waals surface area contributed by atoms with E-state index in [1.807, 2.05) is 7.05 Å². The molecule has 2 aliphatic rings. The zero-order valence-corrected chi connectivity index (χ0v) is 12.5. The first-order valence-electron chi connectivity index (χ1n) is 7.88. The van der Waals surface area contributed by atoms with E-state index < -0.39 is 0 Å². The molecule has 4 nitrogen and oxygen atoms in total. The molecule has 1 saturated heterocycles.